The van der Waals surface area contributed by atoms with Gasteiger partial charge in [0.2, 0.25) is 0 Å². The van der Waals surface area contributed by atoms with Crippen LogP contribution in [-0.2, 0) is 20.7 Å². The van der Waals surface area contributed by atoms with Crippen molar-refractivity contribution < 1.29 is 19.4 Å². The van der Waals surface area contributed by atoms with Gasteiger partial charge in [-0.2, -0.15) is 0 Å². The molecule has 1 aromatic carbocycles. The first-order chi connectivity index (χ1) is 12.7. The normalized spacial score (nSPS) is 24.7. The number of hydrogen-bond acceptors (Lipinski definition) is 5. The molecular formula is C21H31NO4. The number of β-amino-alcohol motifs (C(OH)–C–C–N with tert-alkyl or cyclic N) is 1. The average molecular weight is 361 g/mol. The number of benzene rings is 1. The summed E-state index contributed by atoms with van der Waals surface area (Å²) in [5, 5.41) is 10.4. The molecule has 1 heterocycles. The molecular weight excluding hydrogens is 330 g/mol. The van der Waals surface area contributed by atoms with E-state index in [-0.39, 0.29) is 18.0 Å². The van der Waals surface area contributed by atoms with E-state index in [1.54, 1.807) is 0 Å². The van der Waals surface area contributed by atoms with Crippen molar-refractivity contribution in [1.82, 2.24) is 4.90 Å². The summed E-state index contributed by atoms with van der Waals surface area (Å²) in [6, 6.07) is 8.44. The molecule has 3 atom stereocenters. The minimum Gasteiger partial charge on any atom is -0.466 e. The lowest BCUT2D eigenvalue weighted by Crippen LogP contribution is -2.43. The van der Waals surface area contributed by atoms with E-state index in [9.17, 15) is 9.90 Å². The Kier molecular flexibility index (Phi) is 7.06. The minimum atomic E-state index is -0.537. The van der Waals surface area contributed by atoms with E-state index in [1.807, 2.05) is 6.92 Å². The van der Waals surface area contributed by atoms with Gasteiger partial charge in [-0.15, -0.1) is 0 Å². The standard InChI is InChI=1S/C21H31NO4/c1-2-25-21(24)17-9-6-12-22(13-17)14-18(23)15-26-20-11-5-8-16-7-3-4-10-19(16)20/h3-4,7,10,17-18,20,23H,2,5-6,8-9,11-15H2,1H3/t17-,18+,20+/m1/s1. The van der Waals surface area contributed by atoms with Gasteiger partial charge in [-0.25, -0.2) is 0 Å². The van der Waals surface area contributed by atoms with Gasteiger partial charge in [-0.1, -0.05) is 24.3 Å². The first-order valence-electron chi connectivity index (χ1n) is 9.93. The first kappa shape index (κ1) is 19.3. The van der Waals surface area contributed by atoms with Gasteiger partial charge in [0.15, 0.2) is 0 Å². The maximum Gasteiger partial charge on any atom is 0.310 e. The number of rotatable bonds is 7. The molecule has 0 amide bonds. The molecule has 3 rings (SSSR count). The van der Waals surface area contributed by atoms with Crippen molar-refractivity contribution in [3.8, 4) is 0 Å². The Morgan fingerprint density at radius 1 is 1.31 bits per heavy atom. The second-order valence-electron chi connectivity index (χ2n) is 7.42. The summed E-state index contributed by atoms with van der Waals surface area (Å²) in [5.74, 6) is -0.177. The zero-order valence-electron chi connectivity index (χ0n) is 15.7. The smallest absolute Gasteiger partial charge is 0.310 e. The van der Waals surface area contributed by atoms with Crippen molar-refractivity contribution in [3.63, 3.8) is 0 Å². The summed E-state index contributed by atoms with van der Waals surface area (Å²) >= 11 is 0. The van der Waals surface area contributed by atoms with Gasteiger partial charge in [0.25, 0.3) is 0 Å². The van der Waals surface area contributed by atoms with Crippen LogP contribution in [0.3, 0.4) is 0 Å². The maximum atomic E-state index is 11.9. The number of carbonyl (C=O) groups is 1. The molecule has 0 saturated carbocycles. The van der Waals surface area contributed by atoms with Gasteiger partial charge in [0.05, 0.1) is 31.3 Å². The van der Waals surface area contributed by atoms with Crippen LogP contribution in [0.5, 0.6) is 0 Å². The third-order valence-electron chi connectivity index (χ3n) is 5.40. The lowest BCUT2D eigenvalue weighted by molar-refractivity contribution is -0.150. The number of carbonyl (C=O) groups excluding carboxylic acids is 1. The Labute approximate surface area is 156 Å². The number of ether oxygens (including phenoxy) is 2. The van der Waals surface area contributed by atoms with E-state index in [1.165, 1.54) is 11.1 Å². The summed E-state index contributed by atoms with van der Waals surface area (Å²) in [6.07, 6.45) is 4.65. The number of aryl methyl sites for hydroxylation is 1. The van der Waals surface area contributed by atoms with Crippen LogP contribution >= 0.6 is 0 Å². The number of aliphatic hydroxyl groups is 1. The van der Waals surface area contributed by atoms with Crippen molar-refractivity contribution in [2.24, 2.45) is 5.92 Å². The fraction of sp³-hybridized carbons (Fsp3) is 0.667. The summed E-state index contributed by atoms with van der Waals surface area (Å²) in [7, 11) is 0. The zero-order chi connectivity index (χ0) is 18.4. The van der Waals surface area contributed by atoms with Crippen LogP contribution in [0, 0.1) is 5.92 Å². The van der Waals surface area contributed by atoms with Gasteiger partial charge in [-0.05, 0) is 56.7 Å². The molecule has 144 valence electrons. The number of esters is 1. The van der Waals surface area contributed by atoms with E-state index >= 15 is 0 Å². The molecule has 0 unspecified atom stereocenters. The molecule has 5 heteroatoms. The highest BCUT2D eigenvalue weighted by molar-refractivity contribution is 5.72. The Morgan fingerprint density at radius 2 is 2.15 bits per heavy atom. The molecule has 1 N–H and O–H groups in total. The Hall–Kier alpha value is -1.43. The molecule has 1 saturated heterocycles. The summed E-state index contributed by atoms with van der Waals surface area (Å²) in [4.78, 5) is 14.1. The number of likely N-dealkylation sites (tertiary alicyclic amines) is 1. The number of aliphatic hydroxyl groups excluding tert-OH is 1. The zero-order valence-corrected chi connectivity index (χ0v) is 15.7. The third-order valence-corrected chi connectivity index (χ3v) is 5.40. The summed E-state index contributed by atoms with van der Waals surface area (Å²) in [5.41, 5.74) is 2.64. The average Bonchev–Trinajstić information content (AvgIpc) is 2.67. The van der Waals surface area contributed by atoms with Crippen molar-refractivity contribution in [3.05, 3.63) is 35.4 Å². The molecule has 0 bridgehead atoms. The highest BCUT2D eigenvalue weighted by atomic mass is 16.5. The second-order valence-corrected chi connectivity index (χ2v) is 7.42. The summed E-state index contributed by atoms with van der Waals surface area (Å²) in [6.45, 7) is 4.73. The van der Waals surface area contributed by atoms with E-state index in [0.717, 1.165) is 38.6 Å². The molecule has 0 aromatic heterocycles. The monoisotopic (exact) mass is 361 g/mol. The largest absolute Gasteiger partial charge is 0.466 e. The molecule has 1 aromatic rings. The fourth-order valence-corrected chi connectivity index (χ4v) is 4.13. The molecule has 5 nitrogen and oxygen atoms in total. The Balaban J connectivity index is 1.46. The molecule has 1 aliphatic heterocycles. The fourth-order valence-electron chi connectivity index (χ4n) is 4.13. The van der Waals surface area contributed by atoms with E-state index in [0.29, 0.717) is 26.3 Å². The maximum absolute atomic E-state index is 11.9. The van der Waals surface area contributed by atoms with Crippen LogP contribution in [-0.4, -0.2) is 54.9 Å². The minimum absolute atomic E-state index is 0.0676. The number of hydrogen-bond donors (Lipinski definition) is 1. The highest BCUT2D eigenvalue weighted by Crippen LogP contribution is 2.32. The molecule has 0 radical (unpaired) electrons. The predicted octanol–water partition coefficient (Wildman–Crippen LogP) is 2.72. The van der Waals surface area contributed by atoms with Crippen LogP contribution in [0.4, 0.5) is 0 Å². The molecule has 2 aliphatic rings. The quantitative estimate of drug-likeness (QED) is 0.757. The second kappa shape index (κ2) is 9.49. The molecule has 1 fully saturated rings. The molecule has 26 heavy (non-hydrogen) atoms. The molecule has 0 spiro atoms. The van der Waals surface area contributed by atoms with E-state index in [2.05, 4.69) is 29.2 Å². The highest BCUT2D eigenvalue weighted by Gasteiger charge is 2.28. The summed E-state index contributed by atoms with van der Waals surface area (Å²) < 4.78 is 11.2. The van der Waals surface area contributed by atoms with Gasteiger partial charge >= 0.3 is 5.97 Å². The Morgan fingerprint density at radius 3 is 3.00 bits per heavy atom. The topological polar surface area (TPSA) is 59.0 Å². The predicted molar refractivity (Wildman–Crippen MR) is 99.9 cm³/mol. The van der Waals surface area contributed by atoms with Crippen LogP contribution < -0.4 is 0 Å². The van der Waals surface area contributed by atoms with Crippen molar-refractivity contribution in [2.45, 2.75) is 51.2 Å². The Bertz CT molecular complexity index is 591. The number of piperidine rings is 1. The van der Waals surface area contributed by atoms with Gasteiger partial charge in [-0.3, -0.25) is 9.69 Å². The van der Waals surface area contributed by atoms with Gasteiger partial charge < -0.3 is 14.6 Å². The third kappa shape index (κ3) is 5.06. The molecule has 1 aliphatic carbocycles. The van der Waals surface area contributed by atoms with E-state index < -0.39 is 6.10 Å². The van der Waals surface area contributed by atoms with Crippen LogP contribution in [0.15, 0.2) is 24.3 Å². The van der Waals surface area contributed by atoms with Crippen LogP contribution in [0.2, 0.25) is 0 Å². The lowest BCUT2D eigenvalue weighted by atomic mass is 9.89. The van der Waals surface area contributed by atoms with Gasteiger partial charge in [0.1, 0.15) is 0 Å². The van der Waals surface area contributed by atoms with Crippen LogP contribution in [0.1, 0.15) is 49.8 Å². The van der Waals surface area contributed by atoms with E-state index in [4.69, 9.17) is 9.47 Å². The number of nitrogens with zero attached hydrogens (tertiary/aromatic N) is 1. The first-order valence-corrected chi connectivity index (χ1v) is 9.93. The van der Waals surface area contributed by atoms with Crippen molar-refractivity contribution in [2.75, 3.05) is 32.8 Å². The van der Waals surface area contributed by atoms with Crippen molar-refractivity contribution >= 4 is 5.97 Å². The van der Waals surface area contributed by atoms with Crippen LogP contribution in [0.25, 0.3) is 0 Å². The van der Waals surface area contributed by atoms with Crippen molar-refractivity contribution in [1.29, 1.82) is 0 Å². The SMILES string of the molecule is CCOC(=O)[C@@H]1CCCN(C[C@H](O)CO[C@H]2CCCc3ccccc32)C1. The lowest BCUT2D eigenvalue weighted by Gasteiger charge is -2.33. The van der Waals surface area contributed by atoms with Gasteiger partial charge in [0, 0.05) is 13.1 Å². The number of fused-ring (bicyclic) bond motifs is 1.